The molecule has 0 N–H and O–H groups in total. The highest BCUT2D eigenvalue weighted by atomic mass is 19.2. The molecule has 0 radical (unpaired) electrons. The SMILES string of the molecule is CCN(C(=O)c1ccoc1C)c1ccc(F)c(F)c1. The zero-order valence-electron chi connectivity index (χ0n) is 10.6. The number of aryl methyl sites for hydroxylation is 1. The number of furan rings is 1. The Morgan fingerprint density at radius 2 is 2.00 bits per heavy atom. The molecule has 1 amide bonds. The van der Waals surface area contributed by atoms with E-state index in [1.54, 1.807) is 19.9 Å². The summed E-state index contributed by atoms with van der Waals surface area (Å²) >= 11 is 0. The molecule has 1 aromatic carbocycles. The van der Waals surface area contributed by atoms with Crippen LogP contribution in [-0.4, -0.2) is 12.5 Å². The molecular formula is C14H13F2NO2. The summed E-state index contributed by atoms with van der Waals surface area (Å²) in [4.78, 5) is 13.7. The van der Waals surface area contributed by atoms with Crippen LogP contribution in [0.25, 0.3) is 0 Å². The molecular weight excluding hydrogens is 252 g/mol. The largest absolute Gasteiger partial charge is 0.469 e. The molecule has 2 aromatic rings. The minimum absolute atomic E-state index is 0.306. The molecule has 0 spiro atoms. The molecule has 0 unspecified atom stereocenters. The van der Waals surface area contributed by atoms with Crippen molar-refractivity contribution in [2.45, 2.75) is 13.8 Å². The zero-order valence-corrected chi connectivity index (χ0v) is 10.6. The van der Waals surface area contributed by atoms with Gasteiger partial charge in [-0.3, -0.25) is 4.79 Å². The van der Waals surface area contributed by atoms with Gasteiger partial charge in [-0.2, -0.15) is 0 Å². The Morgan fingerprint density at radius 3 is 2.53 bits per heavy atom. The van der Waals surface area contributed by atoms with Gasteiger partial charge in [0.1, 0.15) is 5.76 Å². The second-order valence-corrected chi connectivity index (χ2v) is 4.04. The summed E-state index contributed by atoms with van der Waals surface area (Å²) < 4.78 is 31.2. The van der Waals surface area contributed by atoms with Gasteiger partial charge >= 0.3 is 0 Å². The van der Waals surface area contributed by atoms with Crippen LogP contribution in [0.15, 0.2) is 34.9 Å². The maximum atomic E-state index is 13.2. The minimum Gasteiger partial charge on any atom is -0.469 e. The molecule has 0 aliphatic heterocycles. The Hall–Kier alpha value is -2.17. The van der Waals surface area contributed by atoms with E-state index in [-0.39, 0.29) is 5.91 Å². The third-order valence-corrected chi connectivity index (χ3v) is 2.87. The standard InChI is InChI=1S/C14H13F2NO2/c1-3-17(10-4-5-12(15)13(16)8-10)14(18)11-6-7-19-9(11)2/h4-8H,3H2,1-2H3. The summed E-state index contributed by atoms with van der Waals surface area (Å²) in [6, 6.07) is 4.93. The Bertz CT molecular complexity index is 607. The Morgan fingerprint density at radius 1 is 1.26 bits per heavy atom. The molecule has 0 fully saturated rings. The van der Waals surface area contributed by atoms with Crippen LogP contribution in [0.4, 0.5) is 14.5 Å². The molecule has 0 atom stereocenters. The van der Waals surface area contributed by atoms with Gasteiger partial charge in [-0.05, 0) is 32.0 Å². The van der Waals surface area contributed by atoms with Crippen molar-refractivity contribution in [1.29, 1.82) is 0 Å². The molecule has 0 bridgehead atoms. The van der Waals surface area contributed by atoms with Crippen molar-refractivity contribution in [1.82, 2.24) is 0 Å². The first-order valence-electron chi connectivity index (χ1n) is 5.85. The van der Waals surface area contributed by atoms with Gasteiger partial charge in [0, 0.05) is 18.3 Å². The fourth-order valence-electron chi connectivity index (χ4n) is 1.85. The molecule has 0 saturated heterocycles. The summed E-state index contributed by atoms with van der Waals surface area (Å²) in [6.07, 6.45) is 1.42. The molecule has 5 heteroatoms. The normalized spacial score (nSPS) is 10.5. The Balaban J connectivity index is 2.37. The lowest BCUT2D eigenvalue weighted by atomic mass is 10.2. The van der Waals surface area contributed by atoms with Gasteiger partial charge in [0.2, 0.25) is 0 Å². The van der Waals surface area contributed by atoms with E-state index in [1.807, 2.05) is 0 Å². The number of amides is 1. The summed E-state index contributed by atoms with van der Waals surface area (Å²) in [5.41, 5.74) is 0.721. The first kappa shape index (κ1) is 13.3. The number of carbonyl (C=O) groups excluding carboxylic acids is 1. The van der Waals surface area contributed by atoms with E-state index >= 15 is 0 Å². The quantitative estimate of drug-likeness (QED) is 0.850. The van der Waals surface area contributed by atoms with Gasteiger partial charge in [0.15, 0.2) is 11.6 Å². The molecule has 0 aliphatic carbocycles. The van der Waals surface area contributed by atoms with Gasteiger partial charge < -0.3 is 9.32 Å². The molecule has 100 valence electrons. The molecule has 2 rings (SSSR count). The first-order valence-corrected chi connectivity index (χ1v) is 5.85. The highest BCUT2D eigenvalue weighted by Gasteiger charge is 2.20. The number of hydrogen-bond donors (Lipinski definition) is 0. The average molecular weight is 265 g/mol. The maximum absolute atomic E-state index is 13.2. The summed E-state index contributed by atoms with van der Waals surface area (Å²) in [6.45, 7) is 3.77. The summed E-state index contributed by atoms with van der Waals surface area (Å²) in [5.74, 6) is -1.73. The van der Waals surface area contributed by atoms with E-state index in [9.17, 15) is 13.6 Å². The van der Waals surface area contributed by atoms with Crippen LogP contribution < -0.4 is 4.90 Å². The molecule has 19 heavy (non-hydrogen) atoms. The highest BCUT2D eigenvalue weighted by molar-refractivity contribution is 6.06. The molecule has 0 aliphatic rings. The highest BCUT2D eigenvalue weighted by Crippen LogP contribution is 2.21. The van der Waals surface area contributed by atoms with Crippen LogP contribution in [0.3, 0.4) is 0 Å². The van der Waals surface area contributed by atoms with Gasteiger partial charge in [-0.1, -0.05) is 0 Å². The first-order chi connectivity index (χ1) is 9.04. The van der Waals surface area contributed by atoms with E-state index in [1.165, 1.54) is 17.2 Å². The fourth-order valence-corrected chi connectivity index (χ4v) is 1.85. The second-order valence-electron chi connectivity index (χ2n) is 4.04. The van der Waals surface area contributed by atoms with E-state index < -0.39 is 11.6 Å². The van der Waals surface area contributed by atoms with Gasteiger partial charge in [-0.15, -0.1) is 0 Å². The monoisotopic (exact) mass is 265 g/mol. The van der Waals surface area contributed by atoms with E-state index in [2.05, 4.69) is 0 Å². The lowest BCUT2D eigenvalue weighted by Gasteiger charge is -2.20. The third-order valence-electron chi connectivity index (χ3n) is 2.87. The number of hydrogen-bond acceptors (Lipinski definition) is 2. The van der Waals surface area contributed by atoms with Crippen molar-refractivity contribution in [3.8, 4) is 0 Å². The summed E-state index contributed by atoms with van der Waals surface area (Å²) in [7, 11) is 0. The summed E-state index contributed by atoms with van der Waals surface area (Å²) in [5, 5.41) is 0. The van der Waals surface area contributed by atoms with Crippen molar-refractivity contribution in [2.24, 2.45) is 0 Å². The van der Waals surface area contributed by atoms with E-state index in [0.717, 1.165) is 12.1 Å². The lowest BCUT2D eigenvalue weighted by molar-refractivity contribution is 0.0987. The van der Waals surface area contributed by atoms with Gasteiger partial charge in [0.05, 0.1) is 11.8 Å². The molecule has 1 heterocycles. The topological polar surface area (TPSA) is 33.5 Å². The Kier molecular flexibility index (Phi) is 3.64. The third kappa shape index (κ3) is 2.50. The predicted octanol–water partition coefficient (Wildman–Crippen LogP) is 3.53. The number of halogens is 2. The fraction of sp³-hybridized carbons (Fsp3) is 0.214. The van der Waals surface area contributed by atoms with E-state index in [0.29, 0.717) is 23.6 Å². The van der Waals surface area contributed by atoms with Crippen LogP contribution in [-0.2, 0) is 0 Å². The van der Waals surface area contributed by atoms with Crippen LogP contribution in [0.5, 0.6) is 0 Å². The average Bonchev–Trinajstić information content (AvgIpc) is 2.80. The van der Waals surface area contributed by atoms with Crippen molar-refractivity contribution in [3.05, 3.63) is 53.5 Å². The number of benzene rings is 1. The van der Waals surface area contributed by atoms with E-state index in [4.69, 9.17) is 4.42 Å². The van der Waals surface area contributed by atoms with Crippen LogP contribution in [0, 0.1) is 18.6 Å². The number of rotatable bonds is 3. The number of carbonyl (C=O) groups is 1. The van der Waals surface area contributed by atoms with Gasteiger partial charge in [0.25, 0.3) is 5.91 Å². The van der Waals surface area contributed by atoms with Crippen LogP contribution in [0.1, 0.15) is 23.0 Å². The molecule has 3 nitrogen and oxygen atoms in total. The van der Waals surface area contributed by atoms with Crippen molar-refractivity contribution in [2.75, 3.05) is 11.4 Å². The van der Waals surface area contributed by atoms with Gasteiger partial charge in [-0.25, -0.2) is 8.78 Å². The second kappa shape index (κ2) is 5.22. The number of nitrogens with zero attached hydrogens (tertiary/aromatic N) is 1. The molecule has 1 aromatic heterocycles. The predicted molar refractivity (Wildman–Crippen MR) is 67.2 cm³/mol. The maximum Gasteiger partial charge on any atom is 0.261 e. The van der Waals surface area contributed by atoms with Crippen LogP contribution >= 0.6 is 0 Å². The van der Waals surface area contributed by atoms with Crippen molar-refractivity contribution < 1.29 is 18.0 Å². The minimum atomic E-state index is -0.979. The Labute approximate surface area is 109 Å². The zero-order chi connectivity index (χ0) is 14.0. The van der Waals surface area contributed by atoms with Crippen molar-refractivity contribution in [3.63, 3.8) is 0 Å². The van der Waals surface area contributed by atoms with Crippen molar-refractivity contribution >= 4 is 11.6 Å². The van der Waals surface area contributed by atoms with Crippen LogP contribution in [0.2, 0.25) is 0 Å². The lowest BCUT2D eigenvalue weighted by Crippen LogP contribution is -2.30. The number of anilines is 1. The smallest absolute Gasteiger partial charge is 0.261 e. The molecule has 0 saturated carbocycles.